The number of nitrogens with one attached hydrogen (secondary N) is 1. The van der Waals surface area contributed by atoms with E-state index in [9.17, 15) is 9.90 Å². The lowest BCUT2D eigenvalue weighted by atomic mass is 9.86. The molecule has 24 heavy (non-hydrogen) atoms. The molecule has 2 heterocycles. The fourth-order valence-electron chi connectivity index (χ4n) is 3.39. The minimum Gasteiger partial charge on any atom is -0.497 e. The van der Waals surface area contributed by atoms with Gasteiger partial charge >= 0.3 is 0 Å². The van der Waals surface area contributed by atoms with Crippen LogP contribution in [0.5, 0.6) is 5.75 Å². The number of nitrogens with zero attached hydrogens (tertiary/aromatic N) is 2. The third kappa shape index (κ3) is 2.89. The number of aromatic amines is 1. The van der Waals surface area contributed by atoms with Crippen LogP contribution in [0, 0.1) is 6.92 Å². The van der Waals surface area contributed by atoms with Gasteiger partial charge in [0.15, 0.2) is 0 Å². The molecule has 1 aromatic carbocycles. The van der Waals surface area contributed by atoms with E-state index in [4.69, 9.17) is 4.74 Å². The third-order valence-corrected chi connectivity index (χ3v) is 4.76. The SMILES string of the molecule is COc1ccc(C(C)(O)C2CCCN2C(=O)c2cc(C)[nH]n2)cc1. The van der Waals surface area contributed by atoms with Crippen LogP contribution in [0.4, 0.5) is 0 Å². The number of amides is 1. The highest BCUT2D eigenvalue weighted by atomic mass is 16.5. The van der Waals surface area contributed by atoms with Crippen LogP contribution in [0.1, 0.15) is 41.5 Å². The molecule has 0 radical (unpaired) electrons. The molecule has 2 atom stereocenters. The lowest BCUT2D eigenvalue weighted by molar-refractivity contribution is -0.0179. The molecule has 2 unspecified atom stereocenters. The van der Waals surface area contributed by atoms with Gasteiger partial charge in [0, 0.05) is 12.2 Å². The summed E-state index contributed by atoms with van der Waals surface area (Å²) in [5, 5.41) is 18.0. The van der Waals surface area contributed by atoms with E-state index in [1.165, 1.54) is 0 Å². The highest BCUT2D eigenvalue weighted by molar-refractivity contribution is 5.92. The highest BCUT2D eigenvalue weighted by Crippen LogP contribution is 2.36. The lowest BCUT2D eigenvalue weighted by Gasteiger charge is -2.36. The van der Waals surface area contributed by atoms with Gasteiger partial charge < -0.3 is 14.7 Å². The largest absolute Gasteiger partial charge is 0.497 e. The van der Waals surface area contributed by atoms with Crippen LogP contribution in [0.2, 0.25) is 0 Å². The Labute approximate surface area is 141 Å². The summed E-state index contributed by atoms with van der Waals surface area (Å²) in [7, 11) is 1.61. The molecule has 0 saturated carbocycles. The molecule has 6 nitrogen and oxygen atoms in total. The van der Waals surface area contributed by atoms with Crippen molar-refractivity contribution in [3.05, 3.63) is 47.3 Å². The molecule has 0 aliphatic carbocycles. The van der Waals surface area contributed by atoms with E-state index < -0.39 is 5.60 Å². The molecule has 2 N–H and O–H groups in total. The van der Waals surface area contributed by atoms with Gasteiger partial charge in [-0.3, -0.25) is 9.89 Å². The monoisotopic (exact) mass is 329 g/mol. The van der Waals surface area contributed by atoms with Crippen molar-refractivity contribution in [1.82, 2.24) is 15.1 Å². The van der Waals surface area contributed by atoms with Gasteiger partial charge in [-0.15, -0.1) is 0 Å². The van der Waals surface area contributed by atoms with E-state index in [1.54, 1.807) is 25.0 Å². The molecular weight excluding hydrogens is 306 g/mol. The first kappa shape index (κ1) is 16.5. The first-order valence-electron chi connectivity index (χ1n) is 8.13. The van der Waals surface area contributed by atoms with Crippen molar-refractivity contribution in [2.24, 2.45) is 0 Å². The zero-order valence-electron chi connectivity index (χ0n) is 14.2. The first-order valence-corrected chi connectivity index (χ1v) is 8.13. The fraction of sp³-hybridized carbons (Fsp3) is 0.444. The van der Waals surface area contributed by atoms with Crippen molar-refractivity contribution < 1.29 is 14.6 Å². The maximum atomic E-state index is 12.8. The summed E-state index contributed by atoms with van der Waals surface area (Å²) in [6, 6.07) is 8.79. The summed E-state index contributed by atoms with van der Waals surface area (Å²) >= 11 is 0. The van der Waals surface area contributed by atoms with Gasteiger partial charge in [-0.1, -0.05) is 12.1 Å². The molecule has 0 spiro atoms. The summed E-state index contributed by atoms with van der Waals surface area (Å²) in [4.78, 5) is 14.5. The van der Waals surface area contributed by atoms with Crippen molar-refractivity contribution in [3.63, 3.8) is 0 Å². The quantitative estimate of drug-likeness (QED) is 0.902. The Morgan fingerprint density at radius 2 is 2.12 bits per heavy atom. The van der Waals surface area contributed by atoms with E-state index in [0.717, 1.165) is 29.8 Å². The number of methoxy groups -OCH3 is 1. The Kier molecular flexibility index (Phi) is 4.32. The zero-order valence-corrected chi connectivity index (χ0v) is 14.2. The number of likely N-dealkylation sites (tertiary alicyclic amines) is 1. The summed E-state index contributed by atoms with van der Waals surface area (Å²) in [6.45, 7) is 4.25. The topological polar surface area (TPSA) is 78.5 Å². The average molecular weight is 329 g/mol. The van der Waals surface area contributed by atoms with E-state index in [2.05, 4.69) is 10.2 Å². The number of aliphatic hydroxyl groups is 1. The molecule has 1 aromatic heterocycles. The van der Waals surface area contributed by atoms with Crippen LogP contribution in [0.3, 0.4) is 0 Å². The predicted molar refractivity (Wildman–Crippen MR) is 89.9 cm³/mol. The van der Waals surface area contributed by atoms with Crippen molar-refractivity contribution in [2.45, 2.75) is 38.3 Å². The second-order valence-electron chi connectivity index (χ2n) is 6.47. The number of benzene rings is 1. The highest BCUT2D eigenvalue weighted by Gasteiger charge is 2.43. The smallest absolute Gasteiger partial charge is 0.274 e. The summed E-state index contributed by atoms with van der Waals surface area (Å²) in [5.41, 5.74) is 0.871. The number of hydrogen-bond acceptors (Lipinski definition) is 4. The Hall–Kier alpha value is -2.34. The lowest BCUT2D eigenvalue weighted by Crippen LogP contribution is -2.48. The number of ether oxygens (including phenoxy) is 1. The standard InChI is InChI=1S/C18H23N3O3/c1-12-11-15(20-19-12)17(22)21-10-4-5-16(21)18(2,23)13-6-8-14(24-3)9-7-13/h6-9,11,16,23H,4-5,10H2,1-3H3,(H,19,20). The molecule has 3 rings (SSSR count). The molecule has 1 aliphatic heterocycles. The van der Waals surface area contributed by atoms with Crippen LogP contribution >= 0.6 is 0 Å². The Balaban J connectivity index is 1.86. The minimum atomic E-state index is -1.14. The number of carbonyl (C=O) groups excluding carboxylic acids is 1. The first-order chi connectivity index (χ1) is 11.4. The van der Waals surface area contributed by atoms with Gasteiger partial charge in [0.25, 0.3) is 5.91 Å². The van der Waals surface area contributed by atoms with Crippen molar-refractivity contribution in [2.75, 3.05) is 13.7 Å². The molecule has 6 heteroatoms. The normalized spacial score (nSPS) is 20.0. The van der Waals surface area contributed by atoms with Crippen LogP contribution in [0.25, 0.3) is 0 Å². The Morgan fingerprint density at radius 1 is 1.42 bits per heavy atom. The van der Waals surface area contributed by atoms with Crippen molar-refractivity contribution in [3.8, 4) is 5.75 Å². The second kappa shape index (κ2) is 6.28. The molecule has 0 bridgehead atoms. The Bertz CT molecular complexity index is 721. The molecule has 1 amide bonds. The molecular formula is C18H23N3O3. The second-order valence-corrected chi connectivity index (χ2v) is 6.47. The zero-order chi connectivity index (χ0) is 17.3. The number of aromatic nitrogens is 2. The maximum Gasteiger partial charge on any atom is 0.274 e. The number of hydrogen-bond donors (Lipinski definition) is 2. The molecule has 2 aromatic rings. The third-order valence-electron chi connectivity index (χ3n) is 4.76. The number of carbonyl (C=O) groups is 1. The van der Waals surface area contributed by atoms with E-state index >= 15 is 0 Å². The van der Waals surface area contributed by atoms with Crippen LogP contribution in [0.15, 0.2) is 30.3 Å². The number of aryl methyl sites for hydroxylation is 1. The van der Waals surface area contributed by atoms with Crippen LogP contribution in [-0.4, -0.2) is 45.8 Å². The maximum absolute atomic E-state index is 12.8. The van der Waals surface area contributed by atoms with Gasteiger partial charge in [0.05, 0.1) is 13.2 Å². The average Bonchev–Trinajstić information content (AvgIpc) is 3.23. The van der Waals surface area contributed by atoms with Gasteiger partial charge in [0.2, 0.25) is 0 Å². The van der Waals surface area contributed by atoms with Gasteiger partial charge in [-0.25, -0.2) is 0 Å². The molecule has 1 aliphatic rings. The summed E-state index contributed by atoms with van der Waals surface area (Å²) < 4.78 is 5.17. The van der Waals surface area contributed by atoms with Crippen molar-refractivity contribution in [1.29, 1.82) is 0 Å². The molecule has 1 saturated heterocycles. The molecule has 1 fully saturated rings. The minimum absolute atomic E-state index is 0.143. The summed E-state index contributed by atoms with van der Waals surface area (Å²) in [5.74, 6) is 0.594. The molecule has 128 valence electrons. The van der Waals surface area contributed by atoms with E-state index in [1.807, 2.05) is 31.2 Å². The van der Waals surface area contributed by atoms with Crippen molar-refractivity contribution >= 4 is 5.91 Å². The van der Waals surface area contributed by atoms with Crippen LogP contribution < -0.4 is 4.74 Å². The van der Waals surface area contributed by atoms with Gasteiger partial charge in [0.1, 0.15) is 17.0 Å². The summed E-state index contributed by atoms with van der Waals surface area (Å²) in [6.07, 6.45) is 1.63. The predicted octanol–water partition coefficient (Wildman–Crippen LogP) is 2.24. The van der Waals surface area contributed by atoms with E-state index in [-0.39, 0.29) is 11.9 Å². The Morgan fingerprint density at radius 3 is 2.71 bits per heavy atom. The van der Waals surface area contributed by atoms with Crippen LogP contribution in [-0.2, 0) is 5.60 Å². The van der Waals surface area contributed by atoms with E-state index in [0.29, 0.717) is 12.2 Å². The number of H-pyrrole nitrogens is 1. The van der Waals surface area contributed by atoms with Gasteiger partial charge in [-0.2, -0.15) is 5.10 Å². The van der Waals surface area contributed by atoms with Gasteiger partial charge in [-0.05, 0) is 50.5 Å². The fourth-order valence-corrected chi connectivity index (χ4v) is 3.39. The number of rotatable bonds is 4.